The average Bonchev–Trinajstić information content (AvgIpc) is 1.98. The SMILES string of the molecule is C=CCN1CC(N)CCC1C. The molecular formula is C9H18N2. The van der Waals surface area contributed by atoms with Crippen LogP contribution in [-0.2, 0) is 0 Å². The van der Waals surface area contributed by atoms with Crippen molar-refractivity contribution < 1.29 is 0 Å². The van der Waals surface area contributed by atoms with E-state index in [1.165, 1.54) is 12.8 Å². The van der Waals surface area contributed by atoms with Gasteiger partial charge >= 0.3 is 0 Å². The molecule has 0 bridgehead atoms. The fourth-order valence-corrected chi connectivity index (χ4v) is 1.63. The van der Waals surface area contributed by atoms with E-state index in [4.69, 9.17) is 5.73 Å². The Morgan fingerprint density at radius 3 is 3.00 bits per heavy atom. The molecule has 0 aromatic carbocycles. The Kier molecular flexibility index (Phi) is 3.09. The van der Waals surface area contributed by atoms with Crippen molar-refractivity contribution in [2.75, 3.05) is 13.1 Å². The predicted octanol–water partition coefficient (Wildman–Crippen LogP) is 0.984. The molecule has 0 radical (unpaired) electrons. The zero-order chi connectivity index (χ0) is 8.27. The lowest BCUT2D eigenvalue weighted by molar-refractivity contribution is 0.162. The van der Waals surface area contributed by atoms with Crippen molar-refractivity contribution in [3.8, 4) is 0 Å². The van der Waals surface area contributed by atoms with Crippen molar-refractivity contribution in [3.05, 3.63) is 12.7 Å². The van der Waals surface area contributed by atoms with E-state index in [9.17, 15) is 0 Å². The molecule has 1 aliphatic heterocycles. The van der Waals surface area contributed by atoms with Crippen LogP contribution < -0.4 is 5.73 Å². The van der Waals surface area contributed by atoms with Gasteiger partial charge in [0.25, 0.3) is 0 Å². The number of hydrogen-bond acceptors (Lipinski definition) is 2. The van der Waals surface area contributed by atoms with Crippen molar-refractivity contribution in [2.24, 2.45) is 5.73 Å². The Morgan fingerprint density at radius 1 is 1.64 bits per heavy atom. The van der Waals surface area contributed by atoms with E-state index in [2.05, 4.69) is 18.4 Å². The van der Waals surface area contributed by atoms with Gasteiger partial charge in [-0.2, -0.15) is 0 Å². The lowest BCUT2D eigenvalue weighted by atomic mass is 10.0. The molecule has 1 aliphatic rings. The lowest BCUT2D eigenvalue weighted by Gasteiger charge is -2.35. The van der Waals surface area contributed by atoms with Gasteiger partial charge in [0, 0.05) is 25.2 Å². The highest BCUT2D eigenvalue weighted by Gasteiger charge is 2.21. The van der Waals surface area contributed by atoms with Gasteiger partial charge < -0.3 is 5.73 Å². The Morgan fingerprint density at radius 2 is 2.36 bits per heavy atom. The number of piperidine rings is 1. The zero-order valence-corrected chi connectivity index (χ0v) is 7.29. The first kappa shape index (κ1) is 8.75. The summed E-state index contributed by atoms with van der Waals surface area (Å²) in [5, 5.41) is 0. The summed E-state index contributed by atoms with van der Waals surface area (Å²) in [5.41, 5.74) is 5.84. The summed E-state index contributed by atoms with van der Waals surface area (Å²) in [6, 6.07) is 1.07. The van der Waals surface area contributed by atoms with Crippen LogP contribution >= 0.6 is 0 Å². The minimum atomic E-state index is 0.381. The molecule has 2 unspecified atom stereocenters. The second kappa shape index (κ2) is 3.88. The topological polar surface area (TPSA) is 29.3 Å². The van der Waals surface area contributed by atoms with Gasteiger partial charge in [0.05, 0.1) is 0 Å². The van der Waals surface area contributed by atoms with Gasteiger partial charge in [-0.05, 0) is 19.8 Å². The van der Waals surface area contributed by atoms with Crippen LogP contribution in [-0.4, -0.2) is 30.1 Å². The molecule has 1 rings (SSSR count). The number of hydrogen-bond donors (Lipinski definition) is 1. The molecule has 1 fully saturated rings. The van der Waals surface area contributed by atoms with Crippen LogP contribution in [0.2, 0.25) is 0 Å². The van der Waals surface area contributed by atoms with Crippen LogP contribution in [0, 0.1) is 0 Å². The summed E-state index contributed by atoms with van der Waals surface area (Å²) in [6.07, 6.45) is 4.36. The summed E-state index contributed by atoms with van der Waals surface area (Å²) in [4.78, 5) is 2.39. The molecule has 2 N–H and O–H groups in total. The predicted molar refractivity (Wildman–Crippen MR) is 48.4 cm³/mol. The van der Waals surface area contributed by atoms with Crippen molar-refractivity contribution in [3.63, 3.8) is 0 Å². The molecule has 1 heterocycles. The zero-order valence-electron chi connectivity index (χ0n) is 7.29. The summed E-state index contributed by atoms with van der Waals surface area (Å²) >= 11 is 0. The van der Waals surface area contributed by atoms with Crippen molar-refractivity contribution in [2.45, 2.75) is 31.8 Å². The van der Waals surface area contributed by atoms with Gasteiger partial charge in [-0.3, -0.25) is 4.90 Å². The van der Waals surface area contributed by atoms with E-state index in [1.807, 2.05) is 6.08 Å². The fraction of sp³-hybridized carbons (Fsp3) is 0.778. The molecule has 2 atom stereocenters. The standard InChI is InChI=1S/C9H18N2/c1-3-6-11-7-9(10)5-4-8(11)2/h3,8-9H,1,4-7,10H2,2H3. The van der Waals surface area contributed by atoms with Crippen LogP contribution in [0.5, 0.6) is 0 Å². The third-order valence-electron chi connectivity index (χ3n) is 2.41. The molecule has 0 amide bonds. The summed E-state index contributed by atoms with van der Waals surface area (Å²) in [7, 11) is 0. The van der Waals surface area contributed by atoms with E-state index in [0.29, 0.717) is 12.1 Å². The molecule has 11 heavy (non-hydrogen) atoms. The fourth-order valence-electron chi connectivity index (χ4n) is 1.63. The first-order chi connectivity index (χ1) is 5.24. The minimum absolute atomic E-state index is 0.381. The highest BCUT2D eigenvalue weighted by atomic mass is 15.2. The minimum Gasteiger partial charge on any atom is -0.327 e. The molecule has 0 spiro atoms. The molecule has 64 valence electrons. The highest BCUT2D eigenvalue weighted by molar-refractivity contribution is 4.84. The molecule has 0 aliphatic carbocycles. The first-order valence-corrected chi connectivity index (χ1v) is 4.34. The Labute approximate surface area is 69.1 Å². The molecule has 0 aromatic heterocycles. The van der Waals surface area contributed by atoms with Gasteiger partial charge in [-0.1, -0.05) is 6.08 Å². The lowest BCUT2D eigenvalue weighted by Crippen LogP contribution is -2.47. The highest BCUT2D eigenvalue weighted by Crippen LogP contribution is 2.14. The number of nitrogens with two attached hydrogens (primary N) is 1. The Balaban J connectivity index is 2.40. The molecule has 2 heteroatoms. The van der Waals surface area contributed by atoms with Gasteiger partial charge in [0.2, 0.25) is 0 Å². The molecule has 0 aromatic rings. The van der Waals surface area contributed by atoms with E-state index in [-0.39, 0.29) is 0 Å². The van der Waals surface area contributed by atoms with Gasteiger partial charge in [0.15, 0.2) is 0 Å². The van der Waals surface area contributed by atoms with Gasteiger partial charge in [0.1, 0.15) is 0 Å². The summed E-state index contributed by atoms with van der Waals surface area (Å²) in [6.45, 7) is 8.01. The van der Waals surface area contributed by atoms with E-state index in [0.717, 1.165) is 13.1 Å². The van der Waals surface area contributed by atoms with Gasteiger partial charge in [-0.15, -0.1) is 6.58 Å². The third kappa shape index (κ3) is 2.31. The van der Waals surface area contributed by atoms with Crippen molar-refractivity contribution in [1.82, 2.24) is 4.90 Å². The van der Waals surface area contributed by atoms with E-state index < -0.39 is 0 Å². The third-order valence-corrected chi connectivity index (χ3v) is 2.41. The molecule has 2 nitrogen and oxygen atoms in total. The number of likely N-dealkylation sites (tertiary alicyclic amines) is 1. The first-order valence-electron chi connectivity index (χ1n) is 4.34. The number of rotatable bonds is 2. The maximum absolute atomic E-state index is 5.84. The smallest absolute Gasteiger partial charge is 0.0168 e. The van der Waals surface area contributed by atoms with Crippen molar-refractivity contribution >= 4 is 0 Å². The molecular weight excluding hydrogens is 136 g/mol. The Hall–Kier alpha value is -0.340. The van der Waals surface area contributed by atoms with E-state index >= 15 is 0 Å². The second-order valence-corrected chi connectivity index (χ2v) is 3.43. The normalized spacial score (nSPS) is 33.6. The van der Waals surface area contributed by atoms with Crippen LogP contribution in [0.3, 0.4) is 0 Å². The largest absolute Gasteiger partial charge is 0.327 e. The maximum atomic E-state index is 5.84. The summed E-state index contributed by atoms with van der Waals surface area (Å²) in [5.74, 6) is 0. The molecule has 0 saturated carbocycles. The van der Waals surface area contributed by atoms with E-state index in [1.54, 1.807) is 0 Å². The Bertz CT molecular complexity index is 134. The van der Waals surface area contributed by atoms with Crippen LogP contribution in [0.25, 0.3) is 0 Å². The van der Waals surface area contributed by atoms with Crippen LogP contribution in [0.1, 0.15) is 19.8 Å². The maximum Gasteiger partial charge on any atom is 0.0168 e. The van der Waals surface area contributed by atoms with Gasteiger partial charge in [-0.25, -0.2) is 0 Å². The molecule has 1 saturated heterocycles. The monoisotopic (exact) mass is 154 g/mol. The quantitative estimate of drug-likeness (QED) is 0.601. The second-order valence-electron chi connectivity index (χ2n) is 3.43. The van der Waals surface area contributed by atoms with Crippen LogP contribution in [0.4, 0.5) is 0 Å². The van der Waals surface area contributed by atoms with Crippen molar-refractivity contribution in [1.29, 1.82) is 0 Å². The van der Waals surface area contributed by atoms with Crippen LogP contribution in [0.15, 0.2) is 12.7 Å². The number of nitrogens with zero attached hydrogens (tertiary/aromatic N) is 1. The summed E-state index contributed by atoms with van der Waals surface area (Å²) < 4.78 is 0. The average molecular weight is 154 g/mol.